The summed E-state index contributed by atoms with van der Waals surface area (Å²) in [5.41, 5.74) is 0.337. The normalized spacial score (nSPS) is 22.8. The second kappa shape index (κ2) is 5.72. The van der Waals surface area contributed by atoms with Crippen molar-refractivity contribution in [3.63, 3.8) is 0 Å². The van der Waals surface area contributed by atoms with Crippen molar-refractivity contribution in [3.8, 4) is 0 Å². The Labute approximate surface area is 121 Å². The Bertz CT molecular complexity index is 433. The lowest BCUT2D eigenvalue weighted by molar-refractivity contribution is 0.213. The molecule has 1 aromatic heterocycles. The summed E-state index contributed by atoms with van der Waals surface area (Å²) in [6, 6.07) is 0.968. The summed E-state index contributed by atoms with van der Waals surface area (Å²) >= 11 is 0. The zero-order valence-corrected chi connectivity index (χ0v) is 13.4. The molecule has 1 saturated carbocycles. The molecule has 1 aliphatic carbocycles. The molecule has 0 amide bonds. The van der Waals surface area contributed by atoms with Gasteiger partial charge in [0, 0.05) is 11.6 Å². The van der Waals surface area contributed by atoms with Crippen LogP contribution >= 0.6 is 0 Å². The highest BCUT2D eigenvalue weighted by atomic mass is 16.4. The molecule has 20 heavy (non-hydrogen) atoms. The molecule has 1 atom stereocenters. The van der Waals surface area contributed by atoms with E-state index < -0.39 is 0 Å². The van der Waals surface area contributed by atoms with E-state index in [0.29, 0.717) is 24.5 Å². The first-order valence-corrected chi connectivity index (χ1v) is 7.60. The molecule has 1 unspecified atom stereocenters. The van der Waals surface area contributed by atoms with Crippen LogP contribution in [0.4, 0.5) is 6.01 Å². The molecule has 1 fully saturated rings. The lowest BCUT2D eigenvalue weighted by Gasteiger charge is -2.38. The number of anilines is 1. The van der Waals surface area contributed by atoms with Gasteiger partial charge in [-0.25, -0.2) is 0 Å². The fourth-order valence-corrected chi connectivity index (χ4v) is 2.63. The molecule has 114 valence electrons. The van der Waals surface area contributed by atoms with E-state index in [-0.39, 0.29) is 11.0 Å². The highest BCUT2D eigenvalue weighted by Crippen LogP contribution is 2.37. The van der Waals surface area contributed by atoms with Crippen LogP contribution < -0.4 is 10.6 Å². The number of nitrogens with one attached hydrogen (secondary N) is 2. The molecular weight excluding hydrogens is 252 g/mol. The lowest BCUT2D eigenvalue weighted by atomic mass is 9.73. The molecule has 5 nitrogen and oxygen atoms in total. The van der Waals surface area contributed by atoms with Gasteiger partial charge in [0.2, 0.25) is 5.89 Å². The van der Waals surface area contributed by atoms with Crippen LogP contribution in [0.1, 0.15) is 66.2 Å². The number of rotatable bonds is 4. The molecule has 0 aliphatic heterocycles. The summed E-state index contributed by atoms with van der Waals surface area (Å²) in [5, 5.41) is 15.0. The second-order valence-corrected chi connectivity index (χ2v) is 7.54. The number of hydrogen-bond donors (Lipinski definition) is 2. The molecule has 0 saturated heterocycles. The summed E-state index contributed by atoms with van der Waals surface area (Å²) in [6.07, 6.45) is 5.01. The van der Waals surface area contributed by atoms with Crippen LogP contribution in [0.3, 0.4) is 0 Å². The van der Waals surface area contributed by atoms with Crippen molar-refractivity contribution in [1.29, 1.82) is 0 Å². The van der Waals surface area contributed by atoms with Crippen molar-refractivity contribution < 1.29 is 4.42 Å². The lowest BCUT2D eigenvalue weighted by Crippen LogP contribution is -2.39. The van der Waals surface area contributed by atoms with Crippen LogP contribution in [0.5, 0.6) is 0 Å². The third-order valence-electron chi connectivity index (χ3n) is 4.04. The van der Waals surface area contributed by atoms with Crippen LogP contribution in [-0.4, -0.2) is 21.8 Å². The van der Waals surface area contributed by atoms with Gasteiger partial charge < -0.3 is 15.1 Å². The van der Waals surface area contributed by atoms with E-state index in [0.717, 1.165) is 0 Å². The minimum absolute atomic E-state index is 0.0490. The molecule has 2 rings (SSSR count). The third kappa shape index (κ3) is 4.20. The van der Waals surface area contributed by atoms with Crippen molar-refractivity contribution in [2.24, 2.45) is 5.41 Å². The van der Waals surface area contributed by atoms with E-state index in [9.17, 15) is 0 Å². The predicted octanol–water partition coefficient (Wildman–Crippen LogP) is 3.34. The molecule has 1 aliphatic rings. The van der Waals surface area contributed by atoms with E-state index >= 15 is 0 Å². The Kier molecular flexibility index (Phi) is 4.37. The molecule has 1 heterocycles. The van der Waals surface area contributed by atoms with Crippen molar-refractivity contribution in [2.45, 2.75) is 78.4 Å². The molecule has 0 aromatic carbocycles. The van der Waals surface area contributed by atoms with Crippen molar-refractivity contribution in [2.75, 3.05) is 5.32 Å². The SMILES string of the molecule is CC(C)(C)NCc1nnc(NC2CCCCC2(C)C)o1. The summed E-state index contributed by atoms with van der Waals surface area (Å²) in [5.74, 6) is 0.635. The van der Waals surface area contributed by atoms with Gasteiger partial charge in [0.05, 0.1) is 6.54 Å². The summed E-state index contributed by atoms with van der Waals surface area (Å²) in [7, 11) is 0. The van der Waals surface area contributed by atoms with Gasteiger partial charge in [-0.3, -0.25) is 0 Å². The number of nitrogens with zero attached hydrogens (tertiary/aromatic N) is 2. The van der Waals surface area contributed by atoms with E-state index in [1.807, 2.05) is 0 Å². The summed E-state index contributed by atoms with van der Waals surface area (Å²) in [4.78, 5) is 0. The maximum Gasteiger partial charge on any atom is 0.315 e. The van der Waals surface area contributed by atoms with Gasteiger partial charge in [0.15, 0.2) is 0 Å². The molecule has 5 heteroatoms. The topological polar surface area (TPSA) is 63.0 Å². The Morgan fingerprint density at radius 2 is 2.00 bits per heavy atom. The first-order valence-electron chi connectivity index (χ1n) is 7.60. The average molecular weight is 280 g/mol. The molecule has 1 aromatic rings. The van der Waals surface area contributed by atoms with Gasteiger partial charge >= 0.3 is 6.01 Å². The van der Waals surface area contributed by atoms with Gasteiger partial charge in [-0.2, -0.15) is 0 Å². The third-order valence-corrected chi connectivity index (χ3v) is 4.04. The summed E-state index contributed by atoms with van der Waals surface area (Å²) in [6.45, 7) is 11.6. The minimum Gasteiger partial charge on any atom is -0.407 e. The standard InChI is InChI=1S/C15H28N4O/c1-14(2,3)16-10-12-18-19-13(20-12)17-11-8-6-7-9-15(11,4)5/h11,16H,6-10H2,1-5H3,(H,17,19). The highest BCUT2D eigenvalue weighted by Gasteiger charge is 2.33. The van der Waals surface area contributed by atoms with Crippen molar-refractivity contribution >= 4 is 6.01 Å². The predicted molar refractivity (Wildman–Crippen MR) is 80.6 cm³/mol. The summed E-state index contributed by atoms with van der Waals surface area (Å²) < 4.78 is 5.68. The minimum atomic E-state index is 0.0490. The molecular formula is C15H28N4O. The zero-order chi connectivity index (χ0) is 14.8. The van der Waals surface area contributed by atoms with Crippen molar-refractivity contribution in [1.82, 2.24) is 15.5 Å². The van der Waals surface area contributed by atoms with Crippen molar-refractivity contribution in [3.05, 3.63) is 5.89 Å². The Balaban J connectivity index is 1.92. The number of aromatic nitrogens is 2. The van der Waals surface area contributed by atoms with Gasteiger partial charge in [-0.15, -0.1) is 5.10 Å². The van der Waals surface area contributed by atoms with E-state index in [1.54, 1.807) is 0 Å². The van der Waals surface area contributed by atoms with E-state index in [4.69, 9.17) is 4.42 Å². The maximum absolute atomic E-state index is 5.68. The van der Waals surface area contributed by atoms with Crippen LogP contribution in [0.25, 0.3) is 0 Å². The van der Waals surface area contributed by atoms with Gasteiger partial charge in [0.1, 0.15) is 0 Å². The quantitative estimate of drug-likeness (QED) is 0.885. The van der Waals surface area contributed by atoms with Crippen LogP contribution in [0.15, 0.2) is 4.42 Å². The second-order valence-electron chi connectivity index (χ2n) is 7.54. The van der Waals surface area contributed by atoms with Gasteiger partial charge in [-0.1, -0.05) is 31.8 Å². The largest absolute Gasteiger partial charge is 0.407 e. The average Bonchev–Trinajstić information content (AvgIpc) is 2.76. The Morgan fingerprint density at radius 1 is 1.25 bits per heavy atom. The Hall–Kier alpha value is -1.10. The van der Waals surface area contributed by atoms with Crippen LogP contribution in [0.2, 0.25) is 0 Å². The monoisotopic (exact) mass is 280 g/mol. The number of hydrogen-bond acceptors (Lipinski definition) is 5. The fraction of sp³-hybridized carbons (Fsp3) is 0.867. The first kappa shape index (κ1) is 15.3. The van der Waals surface area contributed by atoms with E-state index in [1.165, 1.54) is 25.7 Å². The van der Waals surface area contributed by atoms with Gasteiger partial charge in [-0.05, 0) is 39.0 Å². The fourth-order valence-electron chi connectivity index (χ4n) is 2.63. The van der Waals surface area contributed by atoms with Crippen LogP contribution in [0, 0.1) is 5.41 Å². The first-order chi connectivity index (χ1) is 9.26. The smallest absolute Gasteiger partial charge is 0.315 e. The molecule has 0 bridgehead atoms. The Morgan fingerprint density at radius 3 is 2.65 bits per heavy atom. The molecule has 0 radical (unpaired) electrons. The van der Waals surface area contributed by atoms with Crippen LogP contribution in [-0.2, 0) is 6.54 Å². The molecule has 2 N–H and O–H groups in total. The highest BCUT2D eigenvalue weighted by molar-refractivity contribution is 5.21. The van der Waals surface area contributed by atoms with Gasteiger partial charge in [0.25, 0.3) is 0 Å². The van der Waals surface area contributed by atoms with E-state index in [2.05, 4.69) is 55.4 Å². The maximum atomic E-state index is 5.68. The zero-order valence-electron chi connectivity index (χ0n) is 13.4. The molecule has 0 spiro atoms.